The number of anilines is 1. The molecule has 1 aliphatic rings. The lowest BCUT2D eigenvalue weighted by Crippen LogP contribution is -2.44. The summed E-state index contributed by atoms with van der Waals surface area (Å²) in [5.41, 5.74) is 0.281. The van der Waals surface area contributed by atoms with Crippen LogP contribution in [0.2, 0.25) is 0 Å². The molecule has 0 N–H and O–H groups in total. The summed E-state index contributed by atoms with van der Waals surface area (Å²) in [5.74, 6) is 0.833. The van der Waals surface area contributed by atoms with Gasteiger partial charge in [-0.15, -0.1) is 0 Å². The monoisotopic (exact) mass is 328 g/mol. The Balaban J connectivity index is 1.91. The average Bonchev–Trinajstić information content (AvgIpc) is 3.02. The first-order chi connectivity index (χ1) is 11.4. The second-order valence-electron chi connectivity index (χ2n) is 6.22. The molecule has 0 unspecified atom stereocenters. The van der Waals surface area contributed by atoms with Crippen molar-refractivity contribution in [2.45, 2.75) is 18.8 Å². The van der Waals surface area contributed by atoms with Gasteiger partial charge < -0.3 is 4.90 Å². The molecule has 0 bridgehead atoms. The zero-order valence-electron chi connectivity index (χ0n) is 14.1. The quantitative estimate of drug-likeness (QED) is 0.778. The third-order valence-corrected chi connectivity index (χ3v) is 4.74. The Morgan fingerprint density at radius 3 is 2.38 bits per heavy atom. The minimum Gasteiger partial charge on any atom is -0.357 e. The zero-order valence-corrected chi connectivity index (χ0v) is 14.1. The van der Waals surface area contributed by atoms with Gasteiger partial charge >= 0.3 is 5.69 Å². The Kier molecular flexibility index (Phi) is 4.01. The summed E-state index contributed by atoms with van der Waals surface area (Å²) in [6.07, 6.45) is 5.68. The van der Waals surface area contributed by atoms with E-state index < -0.39 is 11.2 Å². The highest BCUT2D eigenvalue weighted by molar-refractivity contribution is 5.53. The summed E-state index contributed by atoms with van der Waals surface area (Å²) in [6, 6.07) is 1.97. The molecule has 2 aromatic heterocycles. The van der Waals surface area contributed by atoms with Gasteiger partial charge in [0.1, 0.15) is 11.9 Å². The van der Waals surface area contributed by atoms with E-state index in [0.29, 0.717) is 24.8 Å². The Hall–Kier alpha value is -2.82. The van der Waals surface area contributed by atoms with Crippen molar-refractivity contribution in [2.75, 3.05) is 18.0 Å². The topological polar surface area (TPSA) is 88.9 Å². The molecular weight excluding hydrogens is 308 g/mol. The summed E-state index contributed by atoms with van der Waals surface area (Å²) in [7, 11) is 4.89. The van der Waals surface area contributed by atoms with Gasteiger partial charge in [0.05, 0.1) is 6.20 Å². The second-order valence-corrected chi connectivity index (χ2v) is 6.22. The maximum Gasteiger partial charge on any atom is 0.332 e. The predicted molar refractivity (Wildman–Crippen MR) is 89.0 cm³/mol. The molecule has 3 rings (SSSR count). The lowest BCUT2D eigenvalue weighted by Gasteiger charge is -2.34. The minimum absolute atomic E-state index is 0.0272. The van der Waals surface area contributed by atoms with Crippen molar-refractivity contribution in [3.8, 4) is 6.07 Å². The van der Waals surface area contributed by atoms with Crippen molar-refractivity contribution in [3.05, 3.63) is 44.4 Å². The highest BCUT2D eigenvalue weighted by atomic mass is 16.2. The van der Waals surface area contributed by atoms with E-state index in [0.717, 1.165) is 17.4 Å². The van der Waals surface area contributed by atoms with E-state index in [4.69, 9.17) is 0 Å². The predicted octanol–water partition coefficient (Wildman–Crippen LogP) is 0.0732. The Morgan fingerprint density at radius 2 is 1.83 bits per heavy atom. The molecule has 24 heavy (non-hydrogen) atoms. The van der Waals surface area contributed by atoms with Crippen LogP contribution in [0.25, 0.3) is 0 Å². The maximum atomic E-state index is 12.2. The molecule has 0 amide bonds. The molecule has 1 aliphatic heterocycles. The number of nitriles is 1. The third-order valence-electron chi connectivity index (χ3n) is 4.74. The van der Waals surface area contributed by atoms with E-state index in [1.54, 1.807) is 11.7 Å². The molecule has 0 aromatic carbocycles. The normalized spacial score (nSPS) is 15.5. The van der Waals surface area contributed by atoms with E-state index in [2.05, 4.69) is 5.10 Å². The number of rotatable bonds is 2. The van der Waals surface area contributed by atoms with E-state index >= 15 is 0 Å². The highest BCUT2D eigenvalue weighted by Crippen LogP contribution is 2.30. The zero-order chi connectivity index (χ0) is 17.4. The van der Waals surface area contributed by atoms with E-state index in [1.165, 1.54) is 17.2 Å². The molecule has 3 heterocycles. The summed E-state index contributed by atoms with van der Waals surface area (Å²) >= 11 is 0. The van der Waals surface area contributed by atoms with Gasteiger partial charge in [0.25, 0.3) is 5.56 Å². The lowest BCUT2D eigenvalue weighted by molar-refractivity contribution is 0.493. The SMILES string of the molecule is Cn1cc(C2CCN(c3c(C#N)c(=O)n(C)c(=O)n3C)CC2)cn1. The minimum atomic E-state index is -0.537. The van der Waals surface area contributed by atoms with E-state index in [-0.39, 0.29) is 5.56 Å². The van der Waals surface area contributed by atoms with Gasteiger partial charge in [-0.1, -0.05) is 0 Å². The van der Waals surface area contributed by atoms with Crippen LogP contribution in [0.15, 0.2) is 22.0 Å². The van der Waals surface area contributed by atoms with E-state index in [1.807, 2.05) is 30.4 Å². The number of nitrogens with zero attached hydrogens (tertiary/aromatic N) is 6. The summed E-state index contributed by atoms with van der Waals surface area (Å²) in [6.45, 7) is 1.38. The smallest absolute Gasteiger partial charge is 0.332 e. The maximum absolute atomic E-state index is 12.2. The molecule has 8 nitrogen and oxygen atoms in total. The van der Waals surface area contributed by atoms with Gasteiger partial charge in [0.2, 0.25) is 0 Å². The van der Waals surface area contributed by atoms with Gasteiger partial charge in [0.15, 0.2) is 5.56 Å². The van der Waals surface area contributed by atoms with Crippen molar-refractivity contribution < 1.29 is 0 Å². The number of piperidine rings is 1. The molecular formula is C16H20N6O2. The standard InChI is InChI=1S/C16H20N6O2/c1-19-10-12(9-18-19)11-4-6-22(7-5-11)14-13(8-17)15(23)21(3)16(24)20(14)2/h9-11H,4-7H2,1-3H3. The third kappa shape index (κ3) is 2.52. The largest absolute Gasteiger partial charge is 0.357 e. The first kappa shape index (κ1) is 16.1. The fraction of sp³-hybridized carbons (Fsp3) is 0.500. The molecule has 1 saturated heterocycles. The van der Waals surface area contributed by atoms with Gasteiger partial charge in [-0.2, -0.15) is 10.4 Å². The average molecular weight is 328 g/mol. The number of aryl methyl sites for hydroxylation is 1. The Bertz CT molecular complexity index is 922. The Labute approximate surface area is 139 Å². The van der Waals surface area contributed by atoms with Crippen LogP contribution < -0.4 is 16.1 Å². The van der Waals surface area contributed by atoms with Crippen molar-refractivity contribution in [3.63, 3.8) is 0 Å². The van der Waals surface area contributed by atoms with Gasteiger partial charge in [0, 0.05) is 40.4 Å². The van der Waals surface area contributed by atoms with Crippen LogP contribution in [-0.2, 0) is 21.1 Å². The number of hydrogen-bond donors (Lipinski definition) is 0. The first-order valence-corrected chi connectivity index (χ1v) is 7.87. The van der Waals surface area contributed by atoms with Crippen LogP contribution in [0.3, 0.4) is 0 Å². The molecule has 0 aliphatic carbocycles. The number of aromatic nitrogens is 4. The fourth-order valence-electron chi connectivity index (χ4n) is 3.38. The summed E-state index contributed by atoms with van der Waals surface area (Å²) in [4.78, 5) is 26.4. The second kappa shape index (κ2) is 6.00. The van der Waals surface area contributed by atoms with Crippen LogP contribution in [0.5, 0.6) is 0 Å². The molecule has 2 aromatic rings. The number of hydrogen-bond acceptors (Lipinski definition) is 5. The van der Waals surface area contributed by atoms with Crippen LogP contribution >= 0.6 is 0 Å². The summed E-state index contributed by atoms with van der Waals surface area (Å²) < 4.78 is 4.16. The van der Waals surface area contributed by atoms with Crippen molar-refractivity contribution in [1.29, 1.82) is 5.26 Å². The first-order valence-electron chi connectivity index (χ1n) is 7.87. The van der Waals surface area contributed by atoms with Crippen molar-refractivity contribution in [2.24, 2.45) is 21.1 Å². The molecule has 0 spiro atoms. The van der Waals surface area contributed by atoms with Crippen LogP contribution in [0.4, 0.5) is 5.82 Å². The lowest BCUT2D eigenvalue weighted by atomic mass is 9.91. The molecule has 0 radical (unpaired) electrons. The van der Waals surface area contributed by atoms with Crippen molar-refractivity contribution >= 4 is 5.82 Å². The van der Waals surface area contributed by atoms with Gasteiger partial charge in [-0.3, -0.25) is 18.6 Å². The molecule has 0 atom stereocenters. The molecule has 1 fully saturated rings. The van der Waals surface area contributed by atoms with E-state index in [9.17, 15) is 14.9 Å². The molecule has 0 saturated carbocycles. The summed E-state index contributed by atoms with van der Waals surface area (Å²) in [5, 5.41) is 13.6. The van der Waals surface area contributed by atoms with Gasteiger partial charge in [-0.05, 0) is 24.3 Å². The molecule has 126 valence electrons. The van der Waals surface area contributed by atoms with Gasteiger partial charge in [-0.25, -0.2) is 4.79 Å². The van der Waals surface area contributed by atoms with Crippen LogP contribution in [-0.4, -0.2) is 32.0 Å². The molecule has 8 heteroatoms. The fourth-order valence-corrected chi connectivity index (χ4v) is 3.38. The Morgan fingerprint density at radius 1 is 1.17 bits per heavy atom. The highest BCUT2D eigenvalue weighted by Gasteiger charge is 2.26. The van der Waals surface area contributed by atoms with Crippen molar-refractivity contribution in [1.82, 2.24) is 18.9 Å². The van der Waals surface area contributed by atoms with Crippen LogP contribution in [0.1, 0.15) is 29.9 Å². The van der Waals surface area contributed by atoms with Crippen LogP contribution in [0, 0.1) is 11.3 Å².